The van der Waals surface area contributed by atoms with Crippen molar-refractivity contribution in [2.75, 3.05) is 26.3 Å². The Morgan fingerprint density at radius 1 is 0.907 bits per heavy atom. The molecule has 3 aliphatic heterocycles. The summed E-state index contributed by atoms with van der Waals surface area (Å²) in [6.45, 7) is 7.19. The summed E-state index contributed by atoms with van der Waals surface area (Å²) in [5.41, 5.74) is 8.14. The summed E-state index contributed by atoms with van der Waals surface area (Å²) in [5, 5.41) is 10.4. The zero-order valence-corrected chi connectivity index (χ0v) is 31.2. The first-order valence-corrected chi connectivity index (χ1v) is 19.4. The number of hydrogen-bond acceptors (Lipinski definition) is 7. The van der Waals surface area contributed by atoms with Gasteiger partial charge in [-0.05, 0) is 127 Å². The van der Waals surface area contributed by atoms with Crippen molar-refractivity contribution in [1.82, 2.24) is 14.8 Å². The van der Waals surface area contributed by atoms with Crippen LogP contribution in [-0.2, 0) is 20.9 Å². The Balaban J connectivity index is 1.04. The number of nitrogens with zero attached hydrogens (tertiary/aromatic N) is 3. The van der Waals surface area contributed by atoms with Gasteiger partial charge >= 0.3 is 0 Å². The Bertz CT molecular complexity index is 2020. The van der Waals surface area contributed by atoms with Crippen molar-refractivity contribution in [3.63, 3.8) is 0 Å². The maximum atomic E-state index is 14.4. The minimum absolute atomic E-state index is 0.0200. The van der Waals surface area contributed by atoms with E-state index in [9.17, 15) is 14.7 Å². The summed E-state index contributed by atoms with van der Waals surface area (Å²) >= 11 is 0. The lowest BCUT2D eigenvalue weighted by molar-refractivity contribution is -0.144. The van der Waals surface area contributed by atoms with Gasteiger partial charge in [-0.1, -0.05) is 54.6 Å². The molecule has 0 bridgehead atoms. The lowest BCUT2D eigenvalue weighted by atomic mass is 9.69. The predicted molar refractivity (Wildman–Crippen MR) is 209 cm³/mol. The zero-order valence-electron chi connectivity index (χ0n) is 31.2. The van der Waals surface area contributed by atoms with E-state index < -0.39 is 11.8 Å². The van der Waals surface area contributed by atoms with E-state index >= 15 is 0 Å². The summed E-state index contributed by atoms with van der Waals surface area (Å²) in [6, 6.07) is 30.1. The number of carbonyl (C=O) groups is 2. The number of phenolic OH excluding ortho intramolecular Hbond substituents is 1. The minimum atomic E-state index is -0.408. The molecule has 0 radical (unpaired) electrons. The molecular formula is C46H49N3O5. The number of benzene rings is 3. The topological polar surface area (TPSA) is 92.2 Å². The molecule has 0 unspecified atom stereocenters. The number of pyridine rings is 1. The molecule has 1 aliphatic carbocycles. The average Bonchev–Trinajstić information content (AvgIpc) is 3.73. The van der Waals surface area contributed by atoms with Crippen LogP contribution in [0.25, 0.3) is 11.6 Å². The smallest absolute Gasteiger partial charge is 0.234 e. The summed E-state index contributed by atoms with van der Waals surface area (Å²) in [6.07, 6.45) is 7.23. The Labute approximate surface area is 318 Å². The van der Waals surface area contributed by atoms with Crippen LogP contribution in [0.5, 0.6) is 11.5 Å². The third-order valence-corrected chi connectivity index (χ3v) is 11.9. The lowest BCUT2D eigenvalue weighted by Crippen LogP contribution is -2.47. The molecule has 2 amide bonds. The van der Waals surface area contributed by atoms with Crippen LogP contribution in [0.2, 0.25) is 0 Å². The van der Waals surface area contributed by atoms with Gasteiger partial charge in [0.25, 0.3) is 0 Å². The number of aromatic nitrogens is 1. The molecule has 3 aromatic carbocycles. The summed E-state index contributed by atoms with van der Waals surface area (Å²) in [4.78, 5) is 37.5. The maximum absolute atomic E-state index is 14.4. The van der Waals surface area contributed by atoms with Crippen molar-refractivity contribution in [3.8, 4) is 11.5 Å². The maximum Gasteiger partial charge on any atom is 0.234 e. The van der Waals surface area contributed by atoms with E-state index in [-0.39, 0.29) is 29.9 Å². The third kappa shape index (κ3) is 7.37. The number of phenols is 1. The standard InChI is InChI=1S/C46H49N3O5/c1-30-23-33(24-31(2)44(30)50)25-34(40-15-9-10-20-47-40)16-17-41-42-35(28-53-37-13-7-4-8-14-37)26-38-43(39(42)29-54-41)46(52)49(45(38)51)36-18-21-48(22-19-36)27-32-11-5-3-6-12-32/h3-15,20,23-25,36,38-39,41,43,50H,16-19,21-22,26-29H2,1-2H3/b34-25-/t38-,39+,41-,43-/m1/s1. The first-order chi connectivity index (χ1) is 26.3. The number of allylic oxidation sites excluding steroid dienone is 1. The fourth-order valence-corrected chi connectivity index (χ4v) is 9.24. The molecule has 8 heteroatoms. The fourth-order valence-electron chi connectivity index (χ4n) is 9.24. The molecule has 0 spiro atoms. The van der Waals surface area contributed by atoms with Crippen molar-refractivity contribution in [3.05, 3.63) is 136 Å². The Hall–Kier alpha value is -5.05. The van der Waals surface area contributed by atoms with Crippen molar-refractivity contribution >= 4 is 23.5 Å². The monoisotopic (exact) mass is 723 g/mol. The molecule has 4 atom stereocenters. The van der Waals surface area contributed by atoms with Gasteiger partial charge in [0.05, 0.1) is 30.2 Å². The number of para-hydroxylation sites is 1. The van der Waals surface area contributed by atoms with Gasteiger partial charge in [-0.3, -0.25) is 24.4 Å². The van der Waals surface area contributed by atoms with Crippen molar-refractivity contribution in [1.29, 1.82) is 0 Å². The van der Waals surface area contributed by atoms with E-state index in [1.54, 1.807) is 4.90 Å². The summed E-state index contributed by atoms with van der Waals surface area (Å²) < 4.78 is 13.0. The van der Waals surface area contributed by atoms with Gasteiger partial charge in [-0.25, -0.2) is 0 Å². The van der Waals surface area contributed by atoms with E-state index in [2.05, 4.69) is 35.2 Å². The molecule has 1 aromatic heterocycles. The highest BCUT2D eigenvalue weighted by Crippen LogP contribution is 2.51. The Morgan fingerprint density at radius 3 is 2.31 bits per heavy atom. The molecule has 54 heavy (non-hydrogen) atoms. The molecule has 1 N–H and O–H groups in total. The molecule has 4 aliphatic rings. The van der Waals surface area contributed by atoms with E-state index in [0.29, 0.717) is 38.2 Å². The number of piperidine rings is 1. The number of aryl methyl sites for hydroxylation is 2. The largest absolute Gasteiger partial charge is 0.507 e. The van der Waals surface area contributed by atoms with Crippen LogP contribution in [0.4, 0.5) is 0 Å². The van der Waals surface area contributed by atoms with Gasteiger partial charge in [0.15, 0.2) is 0 Å². The zero-order chi connectivity index (χ0) is 37.2. The SMILES string of the molecule is Cc1cc(/C=C(/CC[C@H]2OC[C@H]3C2=C(COc2ccccc2)C[C@H]2C(=O)N(C4CCN(Cc5ccccc5)CC4)C(=O)[C@H]23)c2ccccn2)cc(C)c1O. The van der Waals surface area contributed by atoms with Crippen LogP contribution in [0.3, 0.4) is 0 Å². The van der Waals surface area contributed by atoms with Crippen LogP contribution in [0, 0.1) is 31.6 Å². The molecule has 0 saturated carbocycles. The fraction of sp³-hybridized carbons (Fsp3) is 0.370. The summed E-state index contributed by atoms with van der Waals surface area (Å²) in [7, 11) is 0. The molecule has 4 aromatic rings. The van der Waals surface area contributed by atoms with Crippen LogP contribution >= 0.6 is 0 Å². The highest BCUT2D eigenvalue weighted by molar-refractivity contribution is 6.06. The average molecular weight is 724 g/mol. The molecule has 3 saturated heterocycles. The third-order valence-electron chi connectivity index (χ3n) is 11.9. The molecular weight excluding hydrogens is 675 g/mol. The van der Waals surface area contributed by atoms with Gasteiger partial charge in [-0.15, -0.1) is 0 Å². The number of hydrogen-bond donors (Lipinski definition) is 1. The highest BCUT2D eigenvalue weighted by atomic mass is 16.5. The number of fused-ring (bicyclic) bond motifs is 3. The van der Waals surface area contributed by atoms with Gasteiger partial charge < -0.3 is 14.6 Å². The number of amides is 2. The van der Waals surface area contributed by atoms with E-state index in [1.807, 2.05) is 86.8 Å². The van der Waals surface area contributed by atoms with Crippen molar-refractivity contribution in [2.45, 2.75) is 64.6 Å². The van der Waals surface area contributed by atoms with Gasteiger partial charge in [0.2, 0.25) is 11.8 Å². The van der Waals surface area contributed by atoms with Gasteiger partial charge in [-0.2, -0.15) is 0 Å². The second kappa shape index (κ2) is 15.7. The number of carbonyl (C=O) groups excluding carboxylic acids is 2. The van der Waals surface area contributed by atoms with Crippen LogP contribution in [-0.4, -0.2) is 70.2 Å². The van der Waals surface area contributed by atoms with Crippen LogP contribution in [0.1, 0.15) is 60.1 Å². The minimum Gasteiger partial charge on any atom is -0.507 e. The number of rotatable bonds is 11. The lowest BCUT2D eigenvalue weighted by Gasteiger charge is -2.36. The molecule has 278 valence electrons. The van der Waals surface area contributed by atoms with Gasteiger partial charge in [0.1, 0.15) is 18.1 Å². The van der Waals surface area contributed by atoms with Crippen LogP contribution < -0.4 is 4.74 Å². The first kappa shape index (κ1) is 36.0. The summed E-state index contributed by atoms with van der Waals surface area (Å²) in [5.74, 6) is 0.0883. The van der Waals surface area contributed by atoms with Gasteiger partial charge in [0, 0.05) is 37.8 Å². The van der Waals surface area contributed by atoms with E-state index in [4.69, 9.17) is 14.5 Å². The Morgan fingerprint density at radius 2 is 1.61 bits per heavy atom. The number of likely N-dealkylation sites (tertiary alicyclic amines) is 2. The van der Waals surface area contributed by atoms with Crippen LogP contribution in [0.15, 0.2) is 108 Å². The second-order valence-electron chi connectivity index (χ2n) is 15.4. The number of ether oxygens (including phenoxy) is 2. The Kier molecular flexibility index (Phi) is 10.5. The number of imide groups is 1. The molecule has 4 heterocycles. The normalized spacial score (nSPS) is 23.5. The number of aromatic hydroxyl groups is 1. The second-order valence-corrected chi connectivity index (χ2v) is 15.4. The van der Waals surface area contributed by atoms with Crippen molar-refractivity contribution in [2.24, 2.45) is 17.8 Å². The highest BCUT2D eigenvalue weighted by Gasteiger charge is 2.58. The van der Waals surface area contributed by atoms with E-state index in [1.165, 1.54) is 5.56 Å². The molecule has 3 fully saturated rings. The molecule has 8 rings (SSSR count). The molecule has 8 nitrogen and oxygen atoms in total. The van der Waals surface area contributed by atoms with E-state index in [0.717, 1.165) is 77.3 Å². The quantitative estimate of drug-likeness (QED) is 0.125. The van der Waals surface area contributed by atoms with Crippen molar-refractivity contribution < 1.29 is 24.2 Å². The predicted octanol–water partition coefficient (Wildman–Crippen LogP) is 7.78. The first-order valence-electron chi connectivity index (χ1n) is 19.4.